The second-order valence-corrected chi connectivity index (χ2v) is 22.4. The fraction of sp³-hybridized carbons (Fsp3) is 0.740. The summed E-state index contributed by atoms with van der Waals surface area (Å²) in [5.74, 6) is -0.893. The summed E-state index contributed by atoms with van der Waals surface area (Å²) in [7, 11) is 0. The van der Waals surface area contributed by atoms with E-state index in [0.717, 1.165) is 122 Å². The van der Waals surface area contributed by atoms with Crippen molar-refractivity contribution in [3.63, 3.8) is 0 Å². The van der Waals surface area contributed by atoms with Gasteiger partial charge >= 0.3 is 17.9 Å². The van der Waals surface area contributed by atoms with E-state index in [0.29, 0.717) is 19.3 Å². The Morgan fingerprint density at radius 1 is 0.266 bits per heavy atom. The quantitative estimate of drug-likeness (QED) is 0.0261. The van der Waals surface area contributed by atoms with Gasteiger partial charge in [0, 0.05) is 19.3 Å². The van der Waals surface area contributed by atoms with Crippen molar-refractivity contribution < 1.29 is 28.6 Å². The minimum Gasteiger partial charge on any atom is -0.462 e. The van der Waals surface area contributed by atoms with Crippen LogP contribution in [0.25, 0.3) is 0 Å². The van der Waals surface area contributed by atoms with Crippen LogP contribution in [0.4, 0.5) is 0 Å². The van der Waals surface area contributed by atoms with E-state index in [2.05, 4.69) is 118 Å². The van der Waals surface area contributed by atoms with Crippen LogP contribution in [0.2, 0.25) is 0 Å². The van der Waals surface area contributed by atoms with Crippen LogP contribution in [0, 0.1) is 0 Å². The lowest BCUT2D eigenvalue weighted by molar-refractivity contribution is -0.167. The van der Waals surface area contributed by atoms with Crippen molar-refractivity contribution in [3.05, 3.63) is 97.2 Å². The lowest BCUT2D eigenvalue weighted by Gasteiger charge is -2.18. The molecule has 0 aromatic heterocycles. The van der Waals surface area contributed by atoms with Gasteiger partial charge < -0.3 is 14.2 Å². The van der Waals surface area contributed by atoms with Gasteiger partial charge in [-0.25, -0.2) is 0 Å². The van der Waals surface area contributed by atoms with Crippen LogP contribution in [0.1, 0.15) is 329 Å². The van der Waals surface area contributed by atoms with Gasteiger partial charge in [-0.1, -0.05) is 304 Å². The molecule has 454 valence electrons. The van der Waals surface area contributed by atoms with E-state index in [9.17, 15) is 14.4 Å². The second kappa shape index (κ2) is 66.8. The number of allylic oxidation sites excluding steroid dienone is 16. The van der Waals surface area contributed by atoms with Crippen molar-refractivity contribution in [2.45, 2.75) is 335 Å². The number of unbranched alkanes of at least 4 members (excludes halogenated alkanes) is 34. The largest absolute Gasteiger partial charge is 0.462 e. The first-order valence-electron chi connectivity index (χ1n) is 33.7. The number of ether oxygens (including phenoxy) is 3. The molecule has 6 nitrogen and oxygen atoms in total. The summed E-state index contributed by atoms with van der Waals surface area (Å²) in [6.45, 7) is 6.54. The molecule has 0 aromatic rings. The monoisotopic (exact) mass is 1100 g/mol. The highest BCUT2D eigenvalue weighted by atomic mass is 16.6. The summed E-state index contributed by atoms with van der Waals surface area (Å²) < 4.78 is 17.0. The Morgan fingerprint density at radius 3 is 0.772 bits per heavy atom. The Kier molecular flexibility index (Phi) is 63.7. The summed E-state index contributed by atoms with van der Waals surface area (Å²) in [6, 6.07) is 0. The van der Waals surface area contributed by atoms with E-state index in [1.165, 1.54) is 167 Å². The van der Waals surface area contributed by atoms with Gasteiger partial charge in [-0.2, -0.15) is 0 Å². The maximum absolute atomic E-state index is 12.9. The third-order valence-corrected chi connectivity index (χ3v) is 14.6. The highest BCUT2D eigenvalue weighted by Gasteiger charge is 2.19. The summed E-state index contributed by atoms with van der Waals surface area (Å²) in [6.07, 6.45) is 89.8. The Bertz CT molecular complexity index is 1540. The predicted molar refractivity (Wildman–Crippen MR) is 344 cm³/mol. The van der Waals surface area contributed by atoms with Gasteiger partial charge in [-0.3, -0.25) is 14.4 Å². The molecule has 0 aliphatic carbocycles. The zero-order valence-electron chi connectivity index (χ0n) is 52.1. The number of hydrogen-bond acceptors (Lipinski definition) is 6. The standard InChI is InChI=1S/C73H126O6/c1-4-7-10-13-16-19-22-25-28-31-33-35-36-38-39-42-45-48-51-54-57-60-63-66-72(75)78-69-70(68-77-71(74)65-62-59-56-53-50-47-44-41-30-27-24-21-18-15-12-9-6-3)79-73(76)67-64-61-58-55-52-49-46-43-40-37-34-32-29-26-23-20-17-14-11-8-5-2/h7,10,16,19,23,25-26,28,32-35,38-40,43,70H,4-6,8-9,11-15,17-18,20-22,24,27,29-31,36-37,41-42,44-69H2,1-3H3/b10-7-,19-16-,26-23-,28-25-,34-32-,35-33-,39-38-,43-40-. The van der Waals surface area contributed by atoms with Gasteiger partial charge in [0.2, 0.25) is 0 Å². The maximum atomic E-state index is 12.9. The fourth-order valence-electron chi connectivity index (χ4n) is 9.54. The van der Waals surface area contributed by atoms with Crippen molar-refractivity contribution in [2.75, 3.05) is 13.2 Å². The lowest BCUT2D eigenvalue weighted by Crippen LogP contribution is -2.30. The topological polar surface area (TPSA) is 78.9 Å². The molecule has 0 bridgehead atoms. The molecule has 0 radical (unpaired) electrons. The molecule has 0 spiro atoms. The van der Waals surface area contributed by atoms with Crippen molar-refractivity contribution in [3.8, 4) is 0 Å². The Balaban J connectivity index is 4.42. The van der Waals surface area contributed by atoms with Gasteiger partial charge in [0.1, 0.15) is 13.2 Å². The SMILES string of the molecule is CC/C=C\C/C=C\C/C=C\C/C=C\C/C=C\CCCCCCCCCC(=O)OCC(COC(=O)CCCCCCCCCCCCCCCCCCC)OC(=O)CCCCCCCC/C=C\C/C=C\C/C=C\CCCCCCC. The molecule has 0 amide bonds. The molecule has 0 aromatic carbocycles. The maximum Gasteiger partial charge on any atom is 0.306 e. The molecule has 79 heavy (non-hydrogen) atoms. The van der Waals surface area contributed by atoms with E-state index in [4.69, 9.17) is 14.2 Å². The molecule has 0 N–H and O–H groups in total. The van der Waals surface area contributed by atoms with Gasteiger partial charge in [0.05, 0.1) is 0 Å². The molecule has 1 unspecified atom stereocenters. The third kappa shape index (κ3) is 65.0. The molecular formula is C73H126O6. The van der Waals surface area contributed by atoms with Crippen LogP contribution >= 0.6 is 0 Å². The van der Waals surface area contributed by atoms with E-state index in [-0.39, 0.29) is 31.1 Å². The number of esters is 3. The summed E-state index contributed by atoms with van der Waals surface area (Å²) in [5, 5.41) is 0. The Hall–Kier alpha value is -3.67. The number of carbonyl (C=O) groups is 3. The van der Waals surface area contributed by atoms with Crippen LogP contribution in [0.3, 0.4) is 0 Å². The molecular weight excluding hydrogens is 973 g/mol. The highest BCUT2D eigenvalue weighted by molar-refractivity contribution is 5.71. The fourth-order valence-corrected chi connectivity index (χ4v) is 9.54. The van der Waals surface area contributed by atoms with Crippen molar-refractivity contribution in [1.82, 2.24) is 0 Å². The van der Waals surface area contributed by atoms with E-state index >= 15 is 0 Å². The van der Waals surface area contributed by atoms with Crippen molar-refractivity contribution >= 4 is 17.9 Å². The highest BCUT2D eigenvalue weighted by Crippen LogP contribution is 2.17. The Morgan fingerprint density at radius 2 is 0.494 bits per heavy atom. The number of carbonyl (C=O) groups excluding carboxylic acids is 3. The Labute approximate surface area is 489 Å². The van der Waals surface area contributed by atoms with E-state index < -0.39 is 6.10 Å². The van der Waals surface area contributed by atoms with E-state index in [1.807, 2.05) is 0 Å². The second-order valence-electron chi connectivity index (χ2n) is 22.4. The average Bonchev–Trinajstić information content (AvgIpc) is 3.45. The van der Waals surface area contributed by atoms with E-state index in [1.54, 1.807) is 0 Å². The zero-order valence-corrected chi connectivity index (χ0v) is 52.1. The minimum atomic E-state index is -0.791. The smallest absolute Gasteiger partial charge is 0.306 e. The van der Waals surface area contributed by atoms with Gasteiger partial charge in [-0.05, 0) is 103 Å². The van der Waals surface area contributed by atoms with Crippen molar-refractivity contribution in [1.29, 1.82) is 0 Å². The molecule has 0 rings (SSSR count). The van der Waals surface area contributed by atoms with Crippen LogP contribution in [0.5, 0.6) is 0 Å². The molecule has 0 saturated heterocycles. The summed E-state index contributed by atoms with van der Waals surface area (Å²) in [5.41, 5.74) is 0. The molecule has 6 heteroatoms. The number of rotatable bonds is 61. The first-order chi connectivity index (χ1) is 39.0. The zero-order chi connectivity index (χ0) is 57.1. The molecule has 0 heterocycles. The van der Waals surface area contributed by atoms with Crippen LogP contribution in [0.15, 0.2) is 97.2 Å². The predicted octanol–water partition coefficient (Wildman–Crippen LogP) is 23.2. The van der Waals surface area contributed by atoms with Gasteiger partial charge in [0.25, 0.3) is 0 Å². The molecule has 0 aliphatic heterocycles. The third-order valence-electron chi connectivity index (χ3n) is 14.6. The van der Waals surface area contributed by atoms with Gasteiger partial charge in [-0.15, -0.1) is 0 Å². The average molecular weight is 1100 g/mol. The summed E-state index contributed by atoms with van der Waals surface area (Å²) in [4.78, 5) is 38.4. The summed E-state index contributed by atoms with van der Waals surface area (Å²) >= 11 is 0. The number of hydrogen-bond donors (Lipinski definition) is 0. The normalized spacial score (nSPS) is 12.7. The molecule has 0 fully saturated rings. The molecule has 0 saturated carbocycles. The van der Waals surface area contributed by atoms with Crippen LogP contribution in [-0.4, -0.2) is 37.2 Å². The van der Waals surface area contributed by atoms with Gasteiger partial charge in [0.15, 0.2) is 6.10 Å². The minimum absolute atomic E-state index is 0.0840. The molecule has 0 aliphatic rings. The first kappa shape index (κ1) is 75.3. The van der Waals surface area contributed by atoms with Crippen molar-refractivity contribution in [2.24, 2.45) is 0 Å². The van der Waals surface area contributed by atoms with Crippen LogP contribution < -0.4 is 0 Å². The first-order valence-corrected chi connectivity index (χ1v) is 33.7. The lowest BCUT2D eigenvalue weighted by atomic mass is 10.0. The molecule has 1 atom stereocenters. The van der Waals surface area contributed by atoms with Crippen LogP contribution in [-0.2, 0) is 28.6 Å².